The van der Waals surface area contributed by atoms with Gasteiger partial charge in [-0.25, -0.2) is 13.6 Å². The minimum Gasteiger partial charge on any atom is -0.387 e. The zero-order valence-corrected chi connectivity index (χ0v) is 13.3. The Morgan fingerprint density at radius 2 is 2.24 bits per heavy atom. The lowest BCUT2D eigenvalue weighted by molar-refractivity contribution is 0.0612. The van der Waals surface area contributed by atoms with Gasteiger partial charge in [0.15, 0.2) is 0 Å². The van der Waals surface area contributed by atoms with Gasteiger partial charge in [-0.1, -0.05) is 6.07 Å². The first-order valence-electron chi connectivity index (χ1n) is 6.44. The van der Waals surface area contributed by atoms with Crippen LogP contribution in [0.4, 0.5) is 0 Å². The molecule has 1 fully saturated rings. The van der Waals surface area contributed by atoms with Crippen molar-refractivity contribution in [1.82, 2.24) is 5.32 Å². The molecular formula is C13H18N2O4S2. The summed E-state index contributed by atoms with van der Waals surface area (Å²) in [4.78, 5) is 12.1. The second-order valence-corrected chi connectivity index (χ2v) is 7.82. The molecule has 8 heteroatoms. The van der Waals surface area contributed by atoms with Crippen LogP contribution in [-0.2, 0) is 10.0 Å². The quantitative estimate of drug-likeness (QED) is 0.732. The Balaban J connectivity index is 2.16. The van der Waals surface area contributed by atoms with Crippen molar-refractivity contribution >= 4 is 27.7 Å². The summed E-state index contributed by atoms with van der Waals surface area (Å²) in [7, 11) is -3.86. The van der Waals surface area contributed by atoms with E-state index in [1.165, 1.54) is 25.1 Å². The van der Waals surface area contributed by atoms with Gasteiger partial charge in [-0.05, 0) is 36.8 Å². The van der Waals surface area contributed by atoms with Crippen LogP contribution in [0.5, 0.6) is 0 Å². The van der Waals surface area contributed by atoms with Gasteiger partial charge in [0.2, 0.25) is 10.0 Å². The molecule has 1 aliphatic heterocycles. The molecule has 1 aliphatic rings. The van der Waals surface area contributed by atoms with Crippen molar-refractivity contribution in [3.05, 3.63) is 29.3 Å². The molecule has 0 saturated carbocycles. The number of nitrogens with one attached hydrogen (secondary N) is 1. The van der Waals surface area contributed by atoms with Gasteiger partial charge in [-0.3, -0.25) is 4.79 Å². The Hall–Kier alpha value is -1.09. The summed E-state index contributed by atoms with van der Waals surface area (Å²) in [6, 6.07) is 4.37. The average Bonchev–Trinajstić information content (AvgIpc) is 2.82. The number of benzene rings is 1. The largest absolute Gasteiger partial charge is 0.387 e. The zero-order chi connectivity index (χ0) is 15.7. The number of hydrogen-bond donors (Lipinski definition) is 3. The summed E-state index contributed by atoms with van der Waals surface area (Å²) in [5, 5.41) is 18.0. The van der Waals surface area contributed by atoms with Gasteiger partial charge in [-0.2, -0.15) is 11.8 Å². The SMILES string of the molecule is Cc1c(C(=O)NCC2(O)CCSC2)cccc1S(N)(=O)=O. The lowest BCUT2D eigenvalue weighted by atomic mass is 10.0. The summed E-state index contributed by atoms with van der Waals surface area (Å²) >= 11 is 1.64. The van der Waals surface area contributed by atoms with Crippen LogP contribution in [-0.4, -0.2) is 43.1 Å². The highest BCUT2D eigenvalue weighted by atomic mass is 32.2. The van der Waals surface area contributed by atoms with E-state index in [0.29, 0.717) is 17.7 Å². The molecule has 1 aromatic rings. The molecule has 1 aromatic carbocycles. The molecule has 21 heavy (non-hydrogen) atoms. The van der Waals surface area contributed by atoms with Gasteiger partial charge in [-0.15, -0.1) is 0 Å². The summed E-state index contributed by atoms with van der Waals surface area (Å²) in [6.07, 6.45) is 0.633. The number of rotatable bonds is 4. The molecular weight excluding hydrogens is 312 g/mol. The molecule has 1 amide bonds. The van der Waals surface area contributed by atoms with Crippen molar-refractivity contribution in [1.29, 1.82) is 0 Å². The maximum atomic E-state index is 12.2. The third-order valence-electron chi connectivity index (χ3n) is 3.50. The Morgan fingerprint density at radius 1 is 1.52 bits per heavy atom. The molecule has 0 spiro atoms. The van der Waals surface area contributed by atoms with Crippen molar-refractivity contribution in [2.75, 3.05) is 18.1 Å². The first-order chi connectivity index (χ1) is 9.73. The van der Waals surface area contributed by atoms with Crippen LogP contribution < -0.4 is 10.5 Å². The topological polar surface area (TPSA) is 109 Å². The van der Waals surface area contributed by atoms with Crippen molar-refractivity contribution in [3.63, 3.8) is 0 Å². The lowest BCUT2D eigenvalue weighted by Gasteiger charge is -2.22. The normalized spacial score (nSPS) is 22.2. The molecule has 1 unspecified atom stereocenters. The number of thioether (sulfide) groups is 1. The van der Waals surface area contributed by atoms with E-state index in [0.717, 1.165) is 5.75 Å². The minimum atomic E-state index is -3.86. The van der Waals surface area contributed by atoms with Crippen LogP contribution in [0.3, 0.4) is 0 Å². The summed E-state index contributed by atoms with van der Waals surface area (Å²) in [5.41, 5.74) is -0.327. The number of aliphatic hydroxyl groups is 1. The first kappa shape index (κ1) is 16.3. The van der Waals surface area contributed by atoms with E-state index in [9.17, 15) is 18.3 Å². The summed E-state index contributed by atoms with van der Waals surface area (Å²) < 4.78 is 22.9. The molecule has 0 aromatic heterocycles. The zero-order valence-electron chi connectivity index (χ0n) is 11.6. The highest BCUT2D eigenvalue weighted by molar-refractivity contribution is 7.99. The maximum absolute atomic E-state index is 12.2. The molecule has 0 bridgehead atoms. The Bertz CT molecular complexity index is 652. The van der Waals surface area contributed by atoms with Gasteiger partial charge < -0.3 is 10.4 Å². The first-order valence-corrected chi connectivity index (χ1v) is 9.14. The van der Waals surface area contributed by atoms with Gasteiger partial charge in [0, 0.05) is 17.9 Å². The molecule has 116 valence electrons. The van der Waals surface area contributed by atoms with Crippen LogP contribution in [0.1, 0.15) is 22.3 Å². The number of carbonyl (C=O) groups excluding carboxylic acids is 1. The van der Waals surface area contributed by atoms with Crippen LogP contribution >= 0.6 is 11.8 Å². The molecule has 1 heterocycles. The summed E-state index contributed by atoms with van der Waals surface area (Å²) in [5.74, 6) is 1.04. The second-order valence-electron chi connectivity index (χ2n) is 5.18. The molecule has 1 atom stereocenters. The predicted octanol–water partition coefficient (Wildman–Crippen LogP) is 0.240. The van der Waals surface area contributed by atoms with Crippen molar-refractivity contribution in [2.45, 2.75) is 23.8 Å². The average molecular weight is 330 g/mol. The van der Waals surface area contributed by atoms with E-state index in [4.69, 9.17) is 5.14 Å². The van der Waals surface area contributed by atoms with Gasteiger partial charge in [0.1, 0.15) is 0 Å². The van der Waals surface area contributed by atoms with E-state index in [1.54, 1.807) is 11.8 Å². The molecule has 0 radical (unpaired) electrons. The van der Waals surface area contributed by atoms with Gasteiger partial charge in [0.25, 0.3) is 5.91 Å². The van der Waals surface area contributed by atoms with Crippen molar-refractivity contribution in [2.24, 2.45) is 5.14 Å². The maximum Gasteiger partial charge on any atom is 0.251 e. The van der Waals surface area contributed by atoms with Gasteiger partial charge in [0.05, 0.1) is 10.5 Å². The number of sulfonamides is 1. The van der Waals surface area contributed by atoms with E-state index >= 15 is 0 Å². The third-order valence-corrected chi connectivity index (χ3v) is 5.79. The molecule has 4 N–H and O–H groups in total. The van der Waals surface area contributed by atoms with Crippen LogP contribution in [0.15, 0.2) is 23.1 Å². The van der Waals surface area contributed by atoms with E-state index in [-0.39, 0.29) is 17.0 Å². The van der Waals surface area contributed by atoms with Gasteiger partial charge >= 0.3 is 0 Å². The second kappa shape index (κ2) is 5.96. The number of carbonyl (C=O) groups is 1. The number of hydrogen-bond acceptors (Lipinski definition) is 5. The minimum absolute atomic E-state index is 0.0646. The standard InChI is InChI=1S/C13H18N2O4S2/c1-9-10(3-2-4-11(9)21(14,18)19)12(16)15-7-13(17)5-6-20-8-13/h2-4,17H,5-8H2,1H3,(H,15,16)(H2,14,18,19). The Kier molecular flexibility index (Phi) is 4.62. The molecule has 6 nitrogen and oxygen atoms in total. The molecule has 0 aliphatic carbocycles. The van der Waals surface area contributed by atoms with Crippen LogP contribution in [0.25, 0.3) is 0 Å². The van der Waals surface area contributed by atoms with Crippen molar-refractivity contribution in [3.8, 4) is 0 Å². The molecule has 1 saturated heterocycles. The third kappa shape index (κ3) is 3.76. The lowest BCUT2D eigenvalue weighted by Crippen LogP contribution is -2.43. The van der Waals surface area contributed by atoms with E-state index in [1.807, 2.05) is 0 Å². The Labute approximate surface area is 128 Å². The van der Waals surface area contributed by atoms with Crippen molar-refractivity contribution < 1.29 is 18.3 Å². The number of nitrogens with two attached hydrogens (primary N) is 1. The van der Waals surface area contributed by atoms with Crippen LogP contribution in [0.2, 0.25) is 0 Å². The van der Waals surface area contributed by atoms with E-state index in [2.05, 4.69) is 5.32 Å². The molecule has 2 rings (SSSR count). The highest BCUT2D eigenvalue weighted by Gasteiger charge is 2.32. The predicted molar refractivity (Wildman–Crippen MR) is 81.8 cm³/mol. The smallest absolute Gasteiger partial charge is 0.251 e. The summed E-state index contributed by atoms with van der Waals surface area (Å²) in [6.45, 7) is 1.69. The van der Waals surface area contributed by atoms with Crippen LogP contribution in [0, 0.1) is 6.92 Å². The Morgan fingerprint density at radius 3 is 2.81 bits per heavy atom. The van der Waals surface area contributed by atoms with E-state index < -0.39 is 21.5 Å². The number of amides is 1. The highest BCUT2D eigenvalue weighted by Crippen LogP contribution is 2.27. The fourth-order valence-corrected chi connectivity index (χ4v) is 4.34. The fourth-order valence-electron chi connectivity index (χ4n) is 2.24. The number of primary sulfonamides is 1. The fraction of sp³-hybridized carbons (Fsp3) is 0.462. The monoisotopic (exact) mass is 330 g/mol.